The second-order valence-electron chi connectivity index (χ2n) is 7.78. The maximum atomic E-state index is 12.7. The minimum Gasteiger partial charge on any atom is -0.395 e. The highest BCUT2D eigenvalue weighted by atomic mass is 16.5. The van der Waals surface area contributed by atoms with Crippen molar-refractivity contribution in [1.82, 2.24) is 20.4 Å². The maximum Gasteiger partial charge on any atom is 0.229 e. The van der Waals surface area contributed by atoms with Crippen molar-refractivity contribution >= 4 is 11.8 Å². The number of hydrogen-bond donors (Lipinski definition) is 4. The summed E-state index contributed by atoms with van der Waals surface area (Å²) in [6.07, 6.45) is 5.23. The van der Waals surface area contributed by atoms with Gasteiger partial charge in [0.25, 0.3) is 0 Å². The molecule has 9 heteroatoms. The Morgan fingerprint density at radius 1 is 1.29 bits per heavy atom. The molecule has 2 heterocycles. The Kier molecular flexibility index (Phi) is 7.03. The molecule has 0 unspecified atom stereocenters. The average molecular weight is 394 g/mol. The Bertz CT molecular complexity index is 645. The topological polar surface area (TPSA) is 126 Å². The Morgan fingerprint density at radius 3 is 2.75 bits per heavy atom. The molecule has 2 amide bonds. The minimum absolute atomic E-state index is 0.0980. The molecule has 0 spiro atoms. The molecular formula is C19H30N4O5. The number of amides is 2. The first-order valence-electron chi connectivity index (χ1n) is 9.97. The van der Waals surface area contributed by atoms with Gasteiger partial charge in [-0.15, -0.1) is 0 Å². The Hall–Kier alpha value is -1.97. The number of nitrogens with zero attached hydrogens (tertiary/aromatic N) is 2. The molecule has 156 valence electrons. The number of carbonyl (C=O) groups excluding carboxylic acids is 2. The molecule has 3 rings (SSSR count). The van der Waals surface area contributed by atoms with Crippen LogP contribution in [0.3, 0.4) is 0 Å². The summed E-state index contributed by atoms with van der Waals surface area (Å²) < 4.78 is 7.10. The second kappa shape index (κ2) is 9.49. The predicted octanol–water partition coefficient (Wildman–Crippen LogP) is -0.566. The van der Waals surface area contributed by atoms with Crippen molar-refractivity contribution in [3.63, 3.8) is 0 Å². The van der Waals surface area contributed by atoms with Crippen LogP contribution in [0.25, 0.3) is 0 Å². The van der Waals surface area contributed by atoms with Crippen molar-refractivity contribution in [2.45, 2.75) is 50.8 Å². The van der Waals surface area contributed by atoms with Gasteiger partial charge in [-0.05, 0) is 38.2 Å². The van der Waals surface area contributed by atoms with Gasteiger partial charge in [0.15, 0.2) is 0 Å². The third kappa shape index (κ3) is 4.89. The molecule has 0 radical (unpaired) electrons. The fraction of sp³-hybridized carbons (Fsp3) is 0.737. The Morgan fingerprint density at radius 2 is 2.07 bits per heavy atom. The predicted molar refractivity (Wildman–Crippen MR) is 100 cm³/mol. The van der Waals surface area contributed by atoms with E-state index in [4.69, 9.17) is 4.74 Å². The van der Waals surface area contributed by atoms with E-state index in [9.17, 15) is 19.8 Å². The van der Waals surface area contributed by atoms with Crippen LogP contribution in [0.4, 0.5) is 0 Å². The van der Waals surface area contributed by atoms with Gasteiger partial charge in [0, 0.05) is 44.6 Å². The van der Waals surface area contributed by atoms with Crippen molar-refractivity contribution in [1.29, 1.82) is 0 Å². The number of aliphatic hydroxyl groups excluding tert-OH is 2. The molecule has 1 saturated heterocycles. The molecule has 2 fully saturated rings. The third-order valence-corrected chi connectivity index (χ3v) is 5.87. The first-order valence-corrected chi connectivity index (χ1v) is 9.97. The summed E-state index contributed by atoms with van der Waals surface area (Å²) in [5, 5.41) is 29.9. The SMILES string of the molecule is O=C(NCCCn1cccn1)[C@@H]1C[C@@H](O)[C@H](NC(=O)C2(CO)CCOCC2)C1. The molecular weight excluding hydrogens is 364 g/mol. The van der Waals surface area contributed by atoms with E-state index in [0.717, 1.165) is 13.0 Å². The van der Waals surface area contributed by atoms with E-state index in [2.05, 4.69) is 15.7 Å². The van der Waals surface area contributed by atoms with E-state index >= 15 is 0 Å². The normalized spacial score (nSPS) is 26.7. The molecule has 1 aromatic heterocycles. The van der Waals surface area contributed by atoms with Gasteiger partial charge in [0.2, 0.25) is 11.8 Å². The van der Waals surface area contributed by atoms with E-state index in [1.807, 2.05) is 16.9 Å². The molecule has 1 aliphatic carbocycles. The minimum atomic E-state index is -0.856. The summed E-state index contributed by atoms with van der Waals surface area (Å²) in [6.45, 7) is 1.89. The highest BCUT2D eigenvalue weighted by Gasteiger charge is 2.43. The van der Waals surface area contributed by atoms with Crippen LogP contribution in [-0.4, -0.2) is 70.3 Å². The van der Waals surface area contributed by atoms with Crippen LogP contribution in [0, 0.1) is 11.3 Å². The van der Waals surface area contributed by atoms with Gasteiger partial charge in [-0.3, -0.25) is 14.3 Å². The summed E-state index contributed by atoms with van der Waals surface area (Å²) >= 11 is 0. The molecule has 28 heavy (non-hydrogen) atoms. The van der Waals surface area contributed by atoms with Gasteiger partial charge < -0.3 is 25.6 Å². The quantitative estimate of drug-likeness (QED) is 0.438. The molecule has 9 nitrogen and oxygen atoms in total. The lowest BCUT2D eigenvalue weighted by Gasteiger charge is -2.35. The third-order valence-electron chi connectivity index (χ3n) is 5.87. The van der Waals surface area contributed by atoms with Gasteiger partial charge in [0.05, 0.1) is 24.2 Å². The van der Waals surface area contributed by atoms with E-state index in [1.165, 1.54) is 0 Å². The van der Waals surface area contributed by atoms with E-state index in [0.29, 0.717) is 45.4 Å². The van der Waals surface area contributed by atoms with Crippen LogP contribution >= 0.6 is 0 Å². The van der Waals surface area contributed by atoms with Gasteiger partial charge in [-0.25, -0.2) is 0 Å². The second-order valence-corrected chi connectivity index (χ2v) is 7.78. The molecule has 1 saturated carbocycles. The first-order chi connectivity index (χ1) is 13.5. The van der Waals surface area contributed by atoms with Gasteiger partial charge >= 0.3 is 0 Å². The average Bonchev–Trinajstić information content (AvgIpc) is 3.35. The van der Waals surface area contributed by atoms with Crippen molar-refractivity contribution in [3.05, 3.63) is 18.5 Å². The van der Waals surface area contributed by atoms with Crippen LogP contribution in [0.2, 0.25) is 0 Å². The summed E-state index contributed by atoms with van der Waals surface area (Å²) in [7, 11) is 0. The molecule has 1 aliphatic heterocycles. The van der Waals surface area contributed by atoms with Gasteiger partial charge in [-0.2, -0.15) is 5.10 Å². The molecule has 3 atom stereocenters. The fourth-order valence-electron chi connectivity index (χ4n) is 3.96. The number of hydrogen-bond acceptors (Lipinski definition) is 6. The molecule has 0 bridgehead atoms. The highest BCUT2D eigenvalue weighted by molar-refractivity contribution is 5.84. The van der Waals surface area contributed by atoms with Crippen molar-refractivity contribution in [2.75, 3.05) is 26.4 Å². The van der Waals surface area contributed by atoms with Gasteiger partial charge in [0.1, 0.15) is 0 Å². The van der Waals surface area contributed by atoms with E-state index in [1.54, 1.807) is 6.20 Å². The summed E-state index contributed by atoms with van der Waals surface area (Å²) in [5.41, 5.74) is -0.856. The number of aryl methyl sites for hydroxylation is 1. The van der Waals surface area contributed by atoms with Crippen LogP contribution in [0.5, 0.6) is 0 Å². The molecule has 0 aromatic carbocycles. The lowest BCUT2D eigenvalue weighted by molar-refractivity contribution is -0.141. The lowest BCUT2D eigenvalue weighted by Crippen LogP contribution is -2.51. The zero-order valence-corrected chi connectivity index (χ0v) is 16.0. The number of carbonyl (C=O) groups is 2. The highest BCUT2D eigenvalue weighted by Crippen LogP contribution is 2.32. The smallest absolute Gasteiger partial charge is 0.229 e. The largest absolute Gasteiger partial charge is 0.395 e. The van der Waals surface area contributed by atoms with Crippen LogP contribution in [0.1, 0.15) is 32.1 Å². The molecule has 1 aromatic rings. The van der Waals surface area contributed by atoms with Crippen molar-refractivity contribution in [3.8, 4) is 0 Å². The zero-order chi connectivity index (χ0) is 20.0. The van der Waals surface area contributed by atoms with E-state index in [-0.39, 0.29) is 24.3 Å². The lowest BCUT2D eigenvalue weighted by atomic mass is 9.80. The maximum absolute atomic E-state index is 12.7. The number of nitrogens with one attached hydrogen (secondary N) is 2. The summed E-state index contributed by atoms with van der Waals surface area (Å²) in [6, 6.07) is 1.38. The Balaban J connectivity index is 1.44. The zero-order valence-electron chi connectivity index (χ0n) is 16.0. The van der Waals surface area contributed by atoms with Crippen LogP contribution in [0.15, 0.2) is 18.5 Å². The van der Waals surface area contributed by atoms with Gasteiger partial charge in [-0.1, -0.05) is 0 Å². The number of ether oxygens (including phenoxy) is 1. The Labute approximate surface area is 164 Å². The molecule has 2 aliphatic rings. The number of aliphatic hydroxyl groups is 2. The molecule has 4 N–H and O–H groups in total. The summed E-state index contributed by atoms with van der Waals surface area (Å²) in [4.78, 5) is 25.1. The first kappa shape index (κ1) is 20.8. The van der Waals surface area contributed by atoms with Crippen LogP contribution in [-0.2, 0) is 20.9 Å². The number of aromatic nitrogens is 2. The van der Waals surface area contributed by atoms with Crippen molar-refractivity contribution in [2.24, 2.45) is 11.3 Å². The monoisotopic (exact) mass is 394 g/mol. The van der Waals surface area contributed by atoms with Crippen LogP contribution < -0.4 is 10.6 Å². The van der Waals surface area contributed by atoms with Crippen molar-refractivity contribution < 1.29 is 24.5 Å². The summed E-state index contributed by atoms with van der Waals surface area (Å²) in [5.74, 6) is -0.688. The standard InChI is InChI=1S/C19H30N4O5/c24-13-19(3-9-28-10-4-19)18(27)22-15-11-14(12-16(15)25)17(26)20-5-1-7-23-8-2-6-21-23/h2,6,8,14-16,24-25H,1,3-5,7,9-13H2,(H,20,26)(H,22,27)/t14-,15+,16+/m0/s1. The number of rotatable bonds is 8. The van der Waals surface area contributed by atoms with E-state index < -0.39 is 17.6 Å². The fourth-order valence-corrected chi connectivity index (χ4v) is 3.96.